The summed E-state index contributed by atoms with van der Waals surface area (Å²) in [6.07, 6.45) is 0. The molecule has 14 heteroatoms. The molecule has 0 aromatic heterocycles. The van der Waals surface area contributed by atoms with Gasteiger partial charge in [-0.05, 0) is 72.8 Å². The number of nitrogens with one attached hydrogen (secondary N) is 2. The van der Waals surface area contributed by atoms with E-state index in [0.717, 1.165) is 0 Å². The van der Waals surface area contributed by atoms with E-state index in [1.807, 2.05) is 0 Å². The minimum Gasteiger partial charge on any atom is -0.484 e. The Labute approximate surface area is 207 Å². The van der Waals surface area contributed by atoms with Crippen LogP contribution in [0.4, 0.5) is 11.4 Å². The molecule has 6 N–H and O–H groups in total. The van der Waals surface area contributed by atoms with Crippen LogP contribution in [0.5, 0.6) is 11.5 Å². The van der Waals surface area contributed by atoms with Crippen LogP contribution in [0.25, 0.3) is 0 Å². The zero-order valence-corrected chi connectivity index (χ0v) is 20.2. The van der Waals surface area contributed by atoms with Gasteiger partial charge in [-0.2, -0.15) is 0 Å². The second-order valence-corrected chi connectivity index (χ2v) is 10.4. The van der Waals surface area contributed by atoms with E-state index >= 15 is 0 Å². The van der Waals surface area contributed by atoms with Crippen LogP contribution in [0, 0.1) is 0 Å². The minimum atomic E-state index is -3.82. The Morgan fingerprint density at radius 2 is 0.889 bits per heavy atom. The largest absolute Gasteiger partial charge is 0.484 e. The predicted octanol–water partition coefficient (Wildman–Crippen LogP) is 1.02. The van der Waals surface area contributed by atoms with E-state index in [0.29, 0.717) is 22.9 Å². The minimum absolute atomic E-state index is 0.0738. The molecule has 0 saturated heterocycles. The lowest BCUT2D eigenvalue weighted by Crippen LogP contribution is -2.20. The van der Waals surface area contributed by atoms with E-state index in [9.17, 15) is 26.4 Å². The van der Waals surface area contributed by atoms with Crippen LogP contribution in [0.15, 0.2) is 82.6 Å². The number of primary sulfonamides is 2. The maximum atomic E-state index is 12.0. The Bertz CT molecular complexity index is 1330. The van der Waals surface area contributed by atoms with Crippen molar-refractivity contribution in [3.05, 3.63) is 72.8 Å². The van der Waals surface area contributed by atoms with E-state index in [1.165, 1.54) is 48.5 Å². The highest BCUT2D eigenvalue weighted by Gasteiger charge is 2.10. The first-order chi connectivity index (χ1) is 16.9. The van der Waals surface area contributed by atoms with Crippen molar-refractivity contribution in [1.82, 2.24) is 0 Å². The summed E-state index contributed by atoms with van der Waals surface area (Å²) in [5.74, 6) is -0.178. The number of sulfonamides is 2. The fourth-order valence-electron chi connectivity index (χ4n) is 2.78. The van der Waals surface area contributed by atoms with Crippen LogP contribution >= 0.6 is 0 Å². The third kappa shape index (κ3) is 8.06. The Balaban J connectivity index is 1.42. The number of nitrogens with two attached hydrogens (primary N) is 2. The molecule has 0 aliphatic heterocycles. The zero-order valence-electron chi connectivity index (χ0n) is 18.6. The van der Waals surface area contributed by atoms with E-state index in [1.54, 1.807) is 24.3 Å². The van der Waals surface area contributed by atoms with Crippen LogP contribution in [0.2, 0.25) is 0 Å². The van der Waals surface area contributed by atoms with Crippen LogP contribution in [-0.2, 0) is 29.6 Å². The van der Waals surface area contributed by atoms with Crippen LogP contribution in [0.3, 0.4) is 0 Å². The number of benzene rings is 3. The fourth-order valence-corrected chi connectivity index (χ4v) is 3.81. The molecule has 3 rings (SSSR count). The third-order valence-electron chi connectivity index (χ3n) is 4.50. The fraction of sp³-hybridized carbons (Fsp3) is 0.0909. The highest BCUT2D eigenvalue weighted by atomic mass is 32.2. The monoisotopic (exact) mass is 534 g/mol. The van der Waals surface area contributed by atoms with Crippen molar-refractivity contribution >= 4 is 43.2 Å². The van der Waals surface area contributed by atoms with E-state index in [4.69, 9.17) is 19.8 Å². The molecule has 0 aliphatic carbocycles. The maximum absolute atomic E-state index is 12.0. The number of ether oxygens (including phenoxy) is 2. The normalized spacial score (nSPS) is 11.4. The van der Waals surface area contributed by atoms with Gasteiger partial charge in [0.25, 0.3) is 11.8 Å². The van der Waals surface area contributed by atoms with Gasteiger partial charge in [0.15, 0.2) is 13.2 Å². The molecule has 190 valence electrons. The predicted molar refractivity (Wildman–Crippen MR) is 130 cm³/mol. The molecule has 0 bridgehead atoms. The molecule has 0 fully saturated rings. The van der Waals surface area contributed by atoms with E-state index in [-0.39, 0.29) is 23.0 Å². The molecule has 2 amide bonds. The van der Waals surface area contributed by atoms with Gasteiger partial charge in [0, 0.05) is 11.4 Å². The molecule has 12 nitrogen and oxygen atoms in total. The molecule has 0 unspecified atom stereocenters. The Morgan fingerprint density at radius 1 is 0.583 bits per heavy atom. The molecule has 3 aromatic rings. The molecule has 0 saturated carbocycles. The maximum Gasteiger partial charge on any atom is 0.262 e. The average molecular weight is 535 g/mol. The van der Waals surface area contributed by atoms with E-state index in [2.05, 4.69) is 10.6 Å². The van der Waals surface area contributed by atoms with Crippen molar-refractivity contribution in [2.45, 2.75) is 9.79 Å². The number of hydrogen-bond donors (Lipinski definition) is 4. The molecule has 3 aromatic carbocycles. The lowest BCUT2D eigenvalue weighted by Gasteiger charge is -2.10. The summed E-state index contributed by atoms with van der Waals surface area (Å²) in [6.45, 7) is -0.604. The van der Waals surface area contributed by atoms with Gasteiger partial charge >= 0.3 is 0 Å². The molecule has 36 heavy (non-hydrogen) atoms. The lowest BCUT2D eigenvalue weighted by molar-refractivity contribution is -0.118. The topological polar surface area (TPSA) is 197 Å². The second-order valence-electron chi connectivity index (χ2n) is 7.28. The molecular formula is C22H22N4O8S2. The van der Waals surface area contributed by atoms with Gasteiger partial charge in [-0.15, -0.1) is 0 Å². The number of carbonyl (C=O) groups is 2. The Kier molecular flexibility index (Phi) is 8.26. The van der Waals surface area contributed by atoms with Gasteiger partial charge < -0.3 is 20.1 Å². The highest BCUT2D eigenvalue weighted by molar-refractivity contribution is 7.89. The van der Waals surface area contributed by atoms with Crippen molar-refractivity contribution in [3.63, 3.8) is 0 Å². The summed E-state index contributed by atoms with van der Waals surface area (Å²) in [5.41, 5.74) is 0.747. The molecular weight excluding hydrogens is 512 g/mol. The molecule has 0 heterocycles. The van der Waals surface area contributed by atoms with Crippen LogP contribution < -0.4 is 30.4 Å². The second kappa shape index (κ2) is 11.2. The van der Waals surface area contributed by atoms with Crippen molar-refractivity contribution in [3.8, 4) is 11.5 Å². The van der Waals surface area contributed by atoms with E-state index < -0.39 is 31.9 Å². The van der Waals surface area contributed by atoms with Crippen LogP contribution in [-0.4, -0.2) is 41.9 Å². The first kappa shape index (κ1) is 26.6. The van der Waals surface area contributed by atoms with Gasteiger partial charge in [-0.25, -0.2) is 27.1 Å². The SMILES string of the molecule is NS(=O)(=O)c1ccc(NC(=O)COc2ccc(OCC(=O)Nc3ccc(S(N)(=O)=O)cc3)cc2)cc1. The van der Waals surface area contributed by atoms with Gasteiger partial charge in [-0.1, -0.05) is 0 Å². The van der Waals surface area contributed by atoms with Gasteiger partial charge in [0.1, 0.15) is 11.5 Å². The summed E-state index contributed by atoms with van der Waals surface area (Å²) < 4.78 is 55.8. The van der Waals surface area contributed by atoms with Crippen LogP contribution in [0.1, 0.15) is 0 Å². The summed E-state index contributed by atoms with van der Waals surface area (Å²) in [7, 11) is -7.64. The summed E-state index contributed by atoms with van der Waals surface area (Å²) in [5, 5.41) is 15.2. The number of hydrogen-bond acceptors (Lipinski definition) is 8. The van der Waals surface area contributed by atoms with Gasteiger partial charge in [-0.3, -0.25) is 9.59 Å². The number of anilines is 2. The molecule has 0 atom stereocenters. The summed E-state index contributed by atoms with van der Waals surface area (Å²) in [4.78, 5) is 23.9. The average Bonchev–Trinajstić information content (AvgIpc) is 2.82. The first-order valence-electron chi connectivity index (χ1n) is 10.1. The molecule has 0 aliphatic rings. The van der Waals surface area contributed by atoms with Crippen molar-refractivity contribution in [2.75, 3.05) is 23.8 Å². The van der Waals surface area contributed by atoms with Crippen molar-refractivity contribution < 1.29 is 35.9 Å². The molecule has 0 spiro atoms. The number of rotatable bonds is 10. The van der Waals surface area contributed by atoms with Gasteiger partial charge in [0.2, 0.25) is 20.0 Å². The molecule has 0 radical (unpaired) electrons. The number of amides is 2. The standard InChI is InChI=1S/C22H22N4O8S2/c23-35(29,30)19-9-1-15(2-10-19)25-21(27)13-33-17-5-7-18(8-6-17)34-14-22(28)26-16-3-11-20(12-4-16)36(24,31)32/h1-12H,13-14H2,(H,25,27)(H,26,28)(H2,23,29,30)(H2,24,31,32). The zero-order chi connectivity index (χ0) is 26.3. The Morgan fingerprint density at radius 3 is 1.17 bits per heavy atom. The Hall–Kier alpha value is -3.98. The first-order valence-corrected chi connectivity index (χ1v) is 13.2. The quantitative estimate of drug-likeness (QED) is 0.295. The third-order valence-corrected chi connectivity index (χ3v) is 6.36. The lowest BCUT2D eigenvalue weighted by atomic mass is 10.3. The summed E-state index contributed by atoms with van der Waals surface area (Å²) >= 11 is 0. The summed E-state index contributed by atoms with van der Waals surface area (Å²) in [6, 6.07) is 16.9. The van der Waals surface area contributed by atoms with Gasteiger partial charge in [0.05, 0.1) is 9.79 Å². The highest BCUT2D eigenvalue weighted by Crippen LogP contribution is 2.18. The van der Waals surface area contributed by atoms with Crippen molar-refractivity contribution in [1.29, 1.82) is 0 Å². The smallest absolute Gasteiger partial charge is 0.262 e. The number of carbonyl (C=O) groups excluding carboxylic acids is 2. The van der Waals surface area contributed by atoms with Crippen molar-refractivity contribution in [2.24, 2.45) is 10.3 Å².